The molecule has 1 rings (SSSR count). The molecule has 1 unspecified atom stereocenters. The molecule has 0 saturated carbocycles. The lowest BCUT2D eigenvalue weighted by Crippen LogP contribution is -2.22. The Hall–Kier alpha value is -0.750. The molecule has 1 N–H and O–H groups in total. The quantitative estimate of drug-likeness (QED) is 0.710. The van der Waals surface area contributed by atoms with Gasteiger partial charge in [0.15, 0.2) is 11.9 Å². The Morgan fingerprint density at radius 3 is 2.67 bits per heavy atom. The van der Waals surface area contributed by atoms with Gasteiger partial charge in [-0.1, -0.05) is 0 Å². The summed E-state index contributed by atoms with van der Waals surface area (Å²) in [4.78, 5) is 3.42. The largest absolute Gasteiger partial charge is 0.378 e. The summed E-state index contributed by atoms with van der Waals surface area (Å²) in [6, 6.07) is 0. The van der Waals surface area contributed by atoms with Crippen molar-refractivity contribution in [2.24, 2.45) is 7.05 Å². The van der Waals surface area contributed by atoms with Gasteiger partial charge in [-0.3, -0.25) is 4.68 Å². The van der Waals surface area contributed by atoms with Crippen molar-refractivity contribution in [3.05, 3.63) is 12.2 Å². The van der Waals surface area contributed by atoms with Crippen molar-refractivity contribution in [3.63, 3.8) is 0 Å². The van der Waals surface area contributed by atoms with Crippen LogP contribution in [-0.2, 0) is 7.05 Å². The van der Waals surface area contributed by atoms with Crippen LogP contribution in [0.3, 0.4) is 0 Å². The Kier molecular flexibility index (Phi) is 2.29. The number of aliphatic hydroxyl groups is 1. The van der Waals surface area contributed by atoms with E-state index in [0.717, 1.165) is 11.0 Å². The molecule has 0 aromatic carbocycles. The molecule has 4 nitrogen and oxygen atoms in total. The van der Waals surface area contributed by atoms with Gasteiger partial charge in [-0.15, -0.1) is 0 Å². The lowest BCUT2D eigenvalue weighted by atomic mass is 10.3. The van der Waals surface area contributed by atoms with E-state index in [0.29, 0.717) is 0 Å². The lowest BCUT2D eigenvalue weighted by Gasteiger charge is -2.14. The highest BCUT2D eigenvalue weighted by molar-refractivity contribution is 6.22. The number of aliphatic hydroxyl groups excluding tert-OH is 1. The van der Waals surface area contributed by atoms with E-state index in [9.17, 15) is 8.78 Å². The van der Waals surface area contributed by atoms with E-state index in [2.05, 4.69) is 21.7 Å². The summed E-state index contributed by atoms with van der Waals surface area (Å²) in [6.45, 7) is 0. The minimum absolute atomic E-state index is 0.269. The van der Waals surface area contributed by atoms with Gasteiger partial charge in [0.25, 0.3) is 0 Å². The third kappa shape index (κ3) is 1.70. The third-order valence-corrected chi connectivity index (χ3v) is 1.51. The van der Waals surface area contributed by atoms with Crippen molar-refractivity contribution in [3.8, 4) is 0 Å². The van der Waals surface area contributed by atoms with Crippen molar-refractivity contribution < 1.29 is 13.9 Å². The van der Waals surface area contributed by atoms with Gasteiger partial charge < -0.3 is 5.11 Å². The fourth-order valence-electron chi connectivity index (χ4n) is 0.699. The highest BCUT2D eigenvalue weighted by Gasteiger charge is 2.39. The summed E-state index contributed by atoms with van der Waals surface area (Å²) < 4.78 is 25.6. The van der Waals surface area contributed by atoms with Gasteiger partial charge in [-0.25, -0.2) is 4.98 Å². The zero-order valence-electron chi connectivity index (χ0n) is 6.08. The molecule has 68 valence electrons. The Bertz CT molecular complexity index is 272. The second kappa shape index (κ2) is 2.95. The third-order valence-electron chi connectivity index (χ3n) is 1.30. The first-order chi connectivity index (χ1) is 5.43. The van der Waals surface area contributed by atoms with Crippen LogP contribution in [0, 0.1) is 0 Å². The normalized spacial score (nSPS) is 14.8. The van der Waals surface area contributed by atoms with Gasteiger partial charge in [-0.05, 0) is 11.6 Å². The van der Waals surface area contributed by atoms with Crippen molar-refractivity contribution in [2.75, 3.05) is 0 Å². The summed E-state index contributed by atoms with van der Waals surface area (Å²) in [5.74, 6) is -0.269. The first kappa shape index (κ1) is 9.34. The van der Waals surface area contributed by atoms with Crippen LogP contribution in [-0.4, -0.2) is 25.3 Å². The molecule has 1 aromatic rings. The van der Waals surface area contributed by atoms with E-state index in [1.54, 1.807) is 0 Å². The number of alkyl halides is 3. The fourth-order valence-corrected chi connectivity index (χ4v) is 0.797. The van der Waals surface area contributed by atoms with Gasteiger partial charge in [0.2, 0.25) is 0 Å². The minimum atomic E-state index is -3.72. The van der Waals surface area contributed by atoms with E-state index >= 15 is 0 Å². The number of aryl methyl sites for hydroxylation is 1. The molecular weight excluding hydrogens is 192 g/mol. The number of hydrogen-bond donors (Lipinski definition) is 1. The monoisotopic (exact) mass is 197 g/mol. The number of nitrogens with zero attached hydrogens (tertiary/aromatic N) is 3. The van der Waals surface area contributed by atoms with Crippen molar-refractivity contribution >= 4 is 11.6 Å². The number of halogens is 3. The maximum Gasteiger partial charge on any atom is 0.354 e. The van der Waals surface area contributed by atoms with Crippen LogP contribution >= 0.6 is 11.6 Å². The minimum Gasteiger partial charge on any atom is -0.378 e. The van der Waals surface area contributed by atoms with Crippen molar-refractivity contribution in [2.45, 2.75) is 11.5 Å². The molecule has 0 aliphatic rings. The van der Waals surface area contributed by atoms with E-state index in [1.165, 1.54) is 7.05 Å². The SMILES string of the molecule is Cn1ncnc1C(O)C(F)(F)Cl. The number of hydrogen-bond acceptors (Lipinski definition) is 3. The average Bonchev–Trinajstić information content (AvgIpc) is 2.31. The molecule has 0 fully saturated rings. The molecule has 0 aliphatic heterocycles. The van der Waals surface area contributed by atoms with Gasteiger partial charge in [0, 0.05) is 7.05 Å². The first-order valence-corrected chi connectivity index (χ1v) is 3.39. The molecule has 1 heterocycles. The molecule has 0 bridgehead atoms. The van der Waals surface area contributed by atoms with Crippen LogP contribution in [0.2, 0.25) is 0 Å². The number of rotatable bonds is 2. The van der Waals surface area contributed by atoms with E-state index < -0.39 is 11.5 Å². The van der Waals surface area contributed by atoms with Crippen LogP contribution in [0.5, 0.6) is 0 Å². The highest BCUT2D eigenvalue weighted by atomic mass is 35.5. The zero-order chi connectivity index (χ0) is 9.35. The summed E-state index contributed by atoms with van der Waals surface area (Å²) in [7, 11) is 1.38. The second-order valence-corrected chi connectivity index (χ2v) is 2.69. The second-order valence-electron chi connectivity index (χ2n) is 2.19. The van der Waals surface area contributed by atoms with E-state index in [-0.39, 0.29) is 5.82 Å². The van der Waals surface area contributed by atoms with Crippen LogP contribution in [0.15, 0.2) is 6.33 Å². The Labute approximate surface area is 71.8 Å². The molecule has 0 saturated heterocycles. The van der Waals surface area contributed by atoms with Crippen LogP contribution in [0.1, 0.15) is 11.9 Å². The lowest BCUT2D eigenvalue weighted by molar-refractivity contribution is -0.0486. The van der Waals surface area contributed by atoms with Crippen molar-refractivity contribution in [1.29, 1.82) is 0 Å². The van der Waals surface area contributed by atoms with Gasteiger partial charge >= 0.3 is 5.38 Å². The molecule has 1 aromatic heterocycles. The molecule has 0 amide bonds. The summed E-state index contributed by atoms with van der Waals surface area (Å²) in [5.41, 5.74) is 0. The van der Waals surface area contributed by atoms with Gasteiger partial charge in [-0.2, -0.15) is 13.9 Å². The van der Waals surface area contributed by atoms with Gasteiger partial charge in [0.1, 0.15) is 6.33 Å². The Morgan fingerprint density at radius 2 is 2.33 bits per heavy atom. The average molecular weight is 198 g/mol. The topological polar surface area (TPSA) is 50.9 Å². The van der Waals surface area contributed by atoms with Crippen molar-refractivity contribution in [1.82, 2.24) is 14.8 Å². The molecule has 7 heteroatoms. The Morgan fingerprint density at radius 1 is 1.75 bits per heavy atom. The van der Waals surface area contributed by atoms with Crippen LogP contribution in [0.25, 0.3) is 0 Å². The van der Waals surface area contributed by atoms with E-state index in [4.69, 9.17) is 5.11 Å². The van der Waals surface area contributed by atoms with Crippen LogP contribution in [0.4, 0.5) is 8.78 Å². The maximum absolute atomic E-state index is 12.3. The maximum atomic E-state index is 12.3. The number of aromatic nitrogens is 3. The predicted molar refractivity (Wildman–Crippen MR) is 36.8 cm³/mol. The summed E-state index contributed by atoms with van der Waals surface area (Å²) in [5, 5.41) is 8.70. The molecule has 0 radical (unpaired) electrons. The summed E-state index contributed by atoms with van der Waals surface area (Å²) in [6.07, 6.45) is -1.08. The van der Waals surface area contributed by atoms with Gasteiger partial charge in [0.05, 0.1) is 0 Å². The fraction of sp³-hybridized carbons (Fsp3) is 0.600. The Balaban J connectivity index is 2.92. The zero-order valence-corrected chi connectivity index (χ0v) is 6.83. The summed E-state index contributed by atoms with van der Waals surface area (Å²) >= 11 is 4.58. The molecular formula is C5H6ClF2N3O. The standard InChI is InChI=1S/C5H6ClF2N3O/c1-11-4(9-2-10-11)3(12)5(6,7)8/h2-3,12H,1H3. The smallest absolute Gasteiger partial charge is 0.354 e. The molecule has 1 atom stereocenters. The molecule has 0 aliphatic carbocycles. The highest BCUT2D eigenvalue weighted by Crippen LogP contribution is 2.33. The van der Waals surface area contributed by atoms with Crippen LogP contribution < -0.4 is 0 Å². The van der Waals surface area contributed by atoms with E-state index in [1.807, 2.05) is 0 Å². The molecule has 0 spiro atoms. The molecule has 12 heavy (non-hydrogen) atoms. The first-order valence-electron chi connectivity index (χ1n) is 3.01. The predicted octanol–water partition coefficient (Wildman–Crippen LogP) is 0.680.